The number of rotatable bonds is 4. The molecule has 1 saturated heterocycles. The van der Waals surface area contributed by atoms with Crippen LogP contribution in [0.5, 0.6) is 0 Å². The van der Waals surface area contributed by atoms with Gasteiger partial charge in [-0.25, -0.2) is 9.37 Å². The highest BCUT2D eigenvalue weighted by Gasteiger charge is 2.54. The molecule has 3 atom stereocenters. The molecule has 1 aliphatic heterocycles. The Balaban J connectivity index is 1.57. The quantitative estimate of drug-likeness (QED) is 0.733. The van der Waals surface area contributed by atoms with Gasteiger partial charge in [-0.05, 0) is 36.0 Å². The lowest BCUT2D eigenvalue weighted by atomic mass is 10.1. The first-order valence-corrected chi connectivity index (χ1v) is 9.65. The van der Waals surface area contributed by atoms with Gasteiger partial charge in [-0.3, -0.25) is 9.59 Å². The molecule has 6 nitrogen and oxygen atoms in total. The van der Waals surface area contributed by atoms with Crippen LogP contribution in [-0.4, -0.2) is 47.0 Å². The Morgan fingerprint density at radius 1 is 1.34 bits per heavy atom. The molecule has 3 N–H and O–H groups in total. The van der Waals surface area contributed by atoms with E-state index < -0.39 is 29.8 Å². The van der Waals surface area contributed by atoms with Crippen molar-refractivity contribution >= 4 is 28.3 Å². The maximum atomic E-state index is 13.6. The fourth-order valence-corrected chi connectivity index (χ4v) is 4.63. The van der Waals surface area contributed by atoms with Gasteiger partial charge < -0.3 is 16.0 Å². The third-order valence-electron chi connectivity index (χ3n) is 5.23. The number of likely N-dealkylation sites (tertiary alicyclic amines) is 1. The Hall–Kier alpha value is -2.69. The Kier molecular flexibility index (Phi) is 4.72. The molecule has 0 radical (unpaired) electrons. The summed E-state index contributed by atoms with van der Waals surface area (Å²) in [4.78, 5) is 30.2. The summed E-state index contributed by atoms with van der Waals surface area (Å²) in [6.45, 7) is 0.0796. The van der Waals surface area contributed by atoms with Crippen LogP contribution in [0.15, 0.2) is 24.3 Å². The first-order chi connectivity index (χ1) is 13.6. The second-order valence-corrected chi connectivity index (χ2v) is 8.16. The molecule has 0 bridgehead atoms. The highest BCUT2D eigenvalue weighted by Crippen LogP contribution is 2.50. The number of halogens is 4. The molecular formula is C18H16F4N4O2S. The monoisotopic (exact) mass is 428 g/mol. The van der Waals surface area contributed by atoms with Crippen LogP contribution in [0.2, 0.25) is 0 Å². The van der Waals surface area contributed by atoms with E-state index in [0.717, 1.165) is 17.8 Å². The standard InChI is InChI=1S/C18H16F4N4O2S/c19-10-3-1-2-8(4-10)14-13(25-17(23)29-14)15(27)26-7-9-5-11(9)12(26)6-24-16(28)18(20,21)22/h1-4,9,11-12H,5-7H2,(H2,23,25)(H,24,28)/t9-,11-,12+/m0/s1. The van der Waals surface area contributed by atoms with Gasteiger partial charge in [0.1, 0.15) is 11.5 Å². The zero-order chi connectivity index (χ0) is 20.9. The zero-order valence-electron chi connectivity index (χ0n) is 14.9. The number of piperidine rings is 1. The van der Waals surface area contributed by atoms with E-state index >= 15 is 0 Å². The number of aromatic nitrogens is 1. The third kappa shape index (κ3) is 3.78. The number of anilines is 1. The third-order valence-corrected chi connectivity index (χ3v) is 6.16. The molecule has 0 unspecified atom stereocenters. The van der Waals surface area contributed by atoms with Crippen molar-refractivity contribution in [2.75, 3.05) is 18.8 Å². The SMILES string of the molecule is Nc1nc(C(=O)N2C[C@@H]3C[C@@H]3[C@H]2CNC(=O)C(F)(F)F)c(-c2cccc(F)c2)s1. The Morgan fingerprint density at radius 3 is 2.79 bits per heavy atom. The maximum absolute atomic E-state index is 13.6. The maximum Gasteiger partial charge on any atom is 0.471 e. The van der Waals surface area contributed by atoms with E-state index in [4.69, 9.17) is 5.73 Å². The molecule has 1 aliphatic carbocycles. The lowest BCUT2D eigenvalue weighted by molar-refractivity contribution is -0.173. The number of amides is 2. The lowest BCUT2D eigenvalue weighted by Crippen LogP contribution is -2.48. The van der Waals surface area contributed by atoms with Crippen LogP contribution in [0.3, 0.4) is 0 Å². The van der Waals surface area contributed by atoms with Crippen molar-refractivity contribution in [2.45, 2.75) is 18.6 Å². The normalized spacial score (nSPS) is 23.0. The number of carbonyl (C=O) groups is 2. The molecule has 11 heteroatoms. The number of nitrogen functional groups attached to an aromatic ring is 1. The first kappa shape index (κ1) is 19.6. The molecule has 2 aromatic rings. The van der Waals surface area contributed by atoms with Crippen LogP contribution in [0.25, 0.3) is 10.4 Å². The van der Waals surface area contributed by atoms with Gasteiger partial charge in [-0.2, -0.15) is 13.2 Å². The van der Waals surface area contributed by atoms with Crippen LogP contribution in [0, 0.1) is 17.7 Å². The van der Waals surface area contributed by atoms with Crippen LogP contribution in [-0.2, 0) is 4.79 Å². The summed E-state index contributed by atoms with van der Waals surface area (Å²) < 4.78 is 51.1. The predicted molar refractivity (Wildman–Crippen MR) is 97.4 cm³/mol. The van der Waals surface area contributed by atoms with Crippen molar-refractivity contribution < 1.29 is 27.2 Å². The highest BCUT2D eigenvalue weighted by atomic mass is 32.1. The summed E-state index contributed by atoms with van der Waals surface area (Å²) in [5.74, 6) is -2.77. The van der Waals surface area contributed by atoms with Gasteiger partial charge in [0.25, 0.3) is 5.91 Å². The van der Waals surface area contributed by atoms with Crippen LogP contribution >= 0.6 is 11.3 Å². The molecule has 29 heavy (non-hydrogen) atoms. The van der Waals surface area contributed by atoms with Gasteiger partial charge in [-0.1, -0.05) is 23.5 Å². The number of nitrogens with two attached hydrogens (primary N) is 1. The summed E-state index contributed by atoms with van der Waals surface area (Å²) in [7, 11) is 0. The fraction of sp³-hybridized carbons (Fsp3) is 0.389. The van der Waals surface area contributed by atoms with E-state index in [1.165, 1.54) is 23.1 Å². The molecule has 2 fully saturated rings. The molecular weight excluding hydrogens is 412 g/mol. The van der Waals surface area contributed by atoms with Crippen molar-refractivity contribution in [2.24, 2.45) is 11.8 Å². The second kappa shape index (κ2) is 6.97. The minimum absolute atomic E-state index is 0.0338. The van der Waals surface area contributed by atoms with E-state index in [2.05, 4.69) is 4.98 Å². The van der Waals surface area contributed by atoms with Gasteiger partial charge in [0, 0.05) is 13.1 Å². The topological polar surface area (TPSA) is 88.3 Å². The molecule has 1 aromatic carbocycles. The number of carbonyl (C=O) groups excluding carboxylic acids is 2. The summed E-state index contributed by atoms with van der Waals surface area (Å²) in [6, 6.07) is 5.08. The minimum Gasteiger partial charge on any atom is -0.375 e. The number of fused-ring (bicyclic) bond motifs is 1. The number of thiazole rings is 1. The van der Waals surface area contributed by atoms with E-state index in [-0.39, 0.29) is 29.2 Å². The van der Waals surface area contributed by atoms with Gasteiger partial charge in [-0.15, -0.1) is 0 Å². The molecule has 0 spiro atoms. The Morgan fingerprint density at radius 2 is 2.10 bits per heavy atom. The highest BCUT2D eigenvalue weighted by molar-refractivity contribution is 7.19. The molecule has 2 amide bonds. The first-order valence-electron chi connectivity index (χ1n) is 8.83. The molecule has 2 aliphatic rings. The summed E-state index contributed by atoms with van der Waals surface area (Å²) in [5, 5.41) is 1.99. The molecule has 1 aromatic heterocycles. The average Bonchev–Trinajstić information content (AvgIpc) is 3.16. The smallest absolute Gasteiger partial charge is 0.375 e. The zero-order valence-corrected chi connectivity index (χ0v) is 15.7. The van der Waals surface area contributed by atoms with Crippen molar-refractivity contribution in [1.82, 2.24) is 15.2 Å². The summed E-state index contributed by atoms with van der Waals surface area (Å²) >= 11 is 1.03. The second-order valence-electron chi connectivity index (χ2n) is 7.13. The minimum atomic E-state index is -4.98. The molecule has 1 saturated carbocycles. The summed E-state index contributed by atoms with van der Waals surface area (Å²) in [5.41, 5.74) is 6.24. The van der Waals surface area contributed by atoms with Gasteiger partial charge in [0.05, 0.1) is 10.9 Å². The Bertz CT molecular complexity index is 977. The number of hydrogen-bond acceptors (Lipinski definition) is 5. The average molecular weight is 428 g/mol. The van der Waals surface area contributed by atoms with Crippen molar-refractivity contribution in [3.05, 3.63) is 35.8 Å². The van der Waals surface area contributed by atoms with Crippen LogP contribution in [0.1, 0.15) is 16.9 Å². The number of nitrogens with one attached hydrogen (secondary N) is 1. The van der Waals surface area contributed by atoms with E-state index in [1.54, 1.807) is 6.07 Å². The van der Waals surface area contributed by atoms with Crippen LogP contribution < -0.4 is 11.1 Å². The molecule has 4 rings (SSSR count). The number of nitrogens with zero attached hydrogens (tertiary/aromatic N) is 2. The number of hydrogen-bond donors (Lipinski definition) is 2. The Labute approximate surface area is 166 Å². The lowest BCUT2D eigenvalue weighted by Gasteiger charge is -2.27. The van der Waals surface area contributed by atoms with Gasteiger partial charge >= 0.3 is 12.1 Å². The van der Waals surface area contributed by atoms with Crippen LogP contribution in [0.4, 0.5) is 22.7 Å². The fourth-order valence-electron chi connectivity index (χ4n) is 3.81. The van der Waals surface area contributed by atoms with E-state index in [1.807, 2.05) is 5.32 Å². The number of benzene rings is 1. The van der Waals surface area contributed by atoms with E-state index in [0.29, 0.717) is 17.0 Å². The van der Waals surface area contributed by atoms with Gasteiger partial charge in [0.2, 0.25) is 0 Å². The molecule has 2 heterocycles. The number of alkyl halides is 3. The predicted octanol–water partition coefficient (Wildman–Crippen LogP) is 2.67. The largest absolute Gasteiger partial charge is 0.471 e. The van der Waals surface area contributed by atoms with E-state index in [9.17, 15) is 27.2 Å². The van der Waals surface area contributed by atoms with Crippen molar-refractivity contribution in [1.29, 1.82) is 0 Å². The summed E-state index contributed by atoms with van der Waals surface area (Å²) in [6.07, 6.45) is -4.18. The van der Waals surface area contributed by atoms with Crippen molar-refractivity contribution in [3.8, 4) is 10.4 Å². The van der Waals surface area contributed by atoms with Gasteiger partial charge in [0.15, 0.2) is 5.13 Å². The van der Waals surface area contributed by atoms with Crippen molar-refractivity contribution in [3.63, 3.8) is 0 Å². The molecule has 154 valence electrons.